The van der Waals surface area contributed by atoms with Crippen molar-refractivity contribution in [3.05, 3.63) is 48.0 Å². The molecule has 28 heavy (non-hydrogen) atoms. The Morgan fingerprint density at radius 1 is 1.04 bits per heavy atom. The van der Waals surface area contributed by atoms with Crippen LogP contribution in [0.25, 0.3) is 0 Å². The zero-order chi connectivity index (χ0) is 19.7. The minimum Gasteiger partial charge on any atom is -0.486 e. The average Bonchev–Trinajstić information content (AvgIpc) is 3.10. The SMILES string of the molecule is CC(=O)c1ccc(OC(=O)C2CC(=O)N(c3ccc4c(c3)OCCO4)C2)cc1. The molecule has 0 radical (unpaired) electrons. The molecule has 2 aliphatic rings. The number of nitrogens with zero attached hydrogens (tertiary/aromatic N) is 1. The van der Waals surface area contributed by atoms with Crippen LogP contribution in [0.4, 0.5) is 5.69 Å². The Balaban J connectivity index is 1.44. The number of carbonyl (C=O) groups is 3. The van der Waals surface area contributed by atoms with Gasteiger partial charge in [-0.1, -0.05) is 0 Å². The fourth-order valence-electron chi connectivity index (χ4n) is 3.27. The molecule has 7 heteroatoms. The molecule has 0 N–H and O–H groups in total. The molecule has 2 aromatic carbocycles. The number of rotatable bonds is 4. The lowest BCUT2D eigenvalue weighted by Gasteiger charge is -2.22. The number of carbonyl (C=O) groups excluding carboxylic acids is 3. The van der Waals surface area contributed by atoms with Gasteiger partial charge in [-0.15, -0.1) is 0 Å². The molecular formula is C21H19NO6. The van der Waals surface area contributed by atoms with E-state index < -0.39 is 11.9 Å². The predicted octanol–water partition coefficient (Wildman–Crippen LogP) is 2.62. The van der Waals surface area contributed by atoms with E-state index in [1.807, 2.05) is 0 Å². The number of hydrogen-bond donors (Lipinski definition) is 0. The van der Waals surface area contributed by atoms with E-state index in [4.69, 9.17) is 14.2 Å². The van der Waals surface area contributed by atoms with E-state index in [0.717, 1.165) is 0 Å². The van der Waals surface area contributed by atoms with E-state index in [1.54, 1.807) is 47.4 Å². The van der Waals surface area contributed by atoms with Crippen molar-refractivity contribution < 1.29 is 28.6 Å². The highest BCUT2D eigenvalue weighted by Crippen LogP contribution is 2.36. The molecule has 0 saturated carbocycles. The summed E-state index contributed by atoms with van der Waals surface area (Å²) >= 11 is 0. The minimum atomic E-state index is -0.562. The number of hydrogen-bond acceptors (Lipinski definition) is 6. The highest BCUT2D eigenvalue weighted by molar-refractivity contribution is 6.00. The first-order chi connectivity index (χ1) is 13.5. The first-order valence-electron chi connectivity index (χ1n) is 9.04. The second-order valence-corrected chi connectivity index (χ2v) is 6.74. The molecular weight excluding hydrogens is 362 g/mol. The van der Waals surface area contributed by atoms with E-state index in [1.165, 1.54) is 6.92 Å². The molecule has 0 bridgehead atoms. The Morgan fingerprint density at radius 2 is 1.75 bits per heavy atom. The van der Waals surface area contributed by atoms with E-state index in [9.17, 15) is 14.4 Å². The summed E-state index contributed by atoms with van der Waals surface area (Å²) in [5.74, 6) is 0.344. The van der Waals surface area contributed by atoms with E-state index in [-0.39, 0.29) is 24.7 Å². The smallest absolute Gasteiger partial charge is 0.316 e. The van der Waals surface area contributed by atoms with Gasteiger partial charge >= 0.3 is 5.97 Å². The molecule has 144 valence electrons. The molecule has 0 aromatic heterocycles. The molecule has 2 aromatic rings. The van der Waals surface area contributed by atoms with Crippen LogP contribution in [-0.2, 0) is 9.59 Å². The van der Waals surface area contributed by atoms with Crippen molar-refractivity contribution in [1.29, 1.82) is 0 Å². The summed E-state index contributed by atoms with van der Waals surface area (Å²) in [6, 6.07) is 11.6. The van der Waals surface area contributed by atoms with Crippen LogP contribution in [0.15, 0.2) is 42.5 Å². The number of fused-ring (bicyclic) bond motifs is 1. The second kappa shape index (κ2) is 7.34. The zero-order valence-electron chi connectivity index (χ0n) is 15.3. The molecule has 2 heterocycles. The molecule has 1 amide bonds. The van der Waals surface area contributed by atoms with Crippen LogP contribution in [0.1, 0.15) is 23.7 Å². The highest BCUT2D eigenvalue weighted by Gasteiger charge is 2.36. The molecule has 0 spiro atoms. The van der Waals surface area contributed by atoms with Crippen molar-refractivity contribution >= 4 is 23.3 Å². The summed E-state index contributed by atoms with van der Waals surface area (Å²) in [4.78, 5) is 37.8. The predicted molar refractivity (Wildman–Crippen MR) is 100.0 cm³/mol. The summed E-state index contributed by atoms with van der Waals surface area (Å²) < 4.78 is 16.4. The molecule has 7 nitrogen and oxygen atoms in total. The van der Waals surface area contributed by atoms with E-state index in [0.29, 0.717) is 41.7 Å². The maximum Gasteiger partial charge on any atom is 0.316 e. The van der Waals surface area contributed by atoms with E-state index >= 15 is 0 Å². The summed E-state index contributed by atoms with van der Waals surface area (Å²) in [5, 5.41) is 0. The highest BCUT2D eigenvalue weighted by atomic mass is 16.6. The van der Waals surface area contributed by atoms with Crippen LogP contribution >= 0.6 is 0 Å². The van der Waals surface area contributed by atoms with Crippen molar-refractivity contribution in [1.82, 2.24) is 0 Å². The molecule has 4 rings (SSSR count). The van der Waals surface area contributed by atoms with Crippen molar-refractivity contribution in [2.45, 2.75) is 13.3 Å². The molecule has 1 fully saturated rings. The number of ether oxygens (including phenoxy) is 3. The Bertz CT molecular complexity index is 936. The fraction of sp³-hybridized carbons (Fsp3) is 0.286. The summed E-state index contributed by atoms with van der Waals surface area (Å²) in [7, 11) is 0. The number of ketones is 1. The van der Waals surface area contributed by atoms with Gasteiger partial charge in [-0.25, -0.2) is 0 Å². The third-order valence-electron chi connectivity index (χ3n) is 4.78. The number of benzene rings is 2. The standard InChI is InChI=1S/C21H19NO6/c1-13(23)14-2-5-17(6-3-14)28-21(25)15-10-20(24)22(12-15)16-4-7-18-19(11-16)27-9-8-26-18/h2-7,11,15H,8-10,12H2,1H3. The van der Waals surface area contributed by atoms with Gasteiger partial charge in [-0.05, 0) is 43.3 Å². The van der Waals surface area contributed by atoms with Gasteiger partial charge in [0.2, 0.25) is 5.91 Å². The summed E-state index contributed by atoms with van der Waals surface area (Å²) in [6.07, 6.45) is 0.0821. The normalized spacial score (nSPS) is 18.1. The molecule has 2 aliphatic heterocycles. The number of Topliss-reactive ketones (excluding diaryl/α,β-unsaturated/α-hetero) is 1. The van der Waals surface area contributed by atoms with Crippen LogP contribution in [0.3, 0.4) is 0 Å². The zero-order valence-corrected chi connectivity index (χ0v) is 15.3. The average molecular weight is 381 g/mol. The first-order valence-corrected chi connectivity index (χ1v) is 9.04. The number of esters is 1. The minimum absolute atomic E-state index is 0.0608. The Labute approximate surface area is 161 Å². The van der Waals surface area contributed by atoms with Crippen LogP contribution in [0.2, 0.25) is 0 Å². The van der Waals surface area contributed by atoms with Crippen LogP contribution in [0.5, 0.6) is 17.2 Å². The van der Waals surface area contributed by atoms with Crippen LogP contribution < -0.4 is 19.1 Å². The van der Waals surface area contributed by atoms with Crippen LogP contribution in [0, 0.1) is 5.92 Å². The van der Waals surface area contributed by atoms with Crippen molar-refractivity contribution in [3.63, 3.8) is 0 Å². The molecule has 1 atom stereocenters. The third-order valence-corrected chi connectivity index (χ3v) is 4.78. The Morgan fingerprint density at radius 3 is 2.46 bits per heavy atom. The van der Waals surface area contributed by atoms with Crippen molar-refractivity contribution in [3.8, 4) is 17.2 Å². The molecule has 0 aliphatic carbocycles. The largest absolute Gasteiger partial charge is 0.486 e. The topological polar surface area (TPSA) is 82.1 Å². The van der Waals surface area contributed by atoms with Gasteiger partial charge in [0.05, 0.1) is 5.92 Å². The quantitative estimate of drug-likeness (QED) is 0.460. The summed E-state index contributed by atoms with van der Waals surface area (Å²) in [6.45, 7) is 2.67. The van der Waals surface area contributed by atoms with Gasteiger partial charge in [0.15, 0.2) is 17.3 Å². The summed E-state index contributed by atoms with van der Waals surface area (Å²) in [5.41, 5.74) is 1.20. The maximum absolute atomic E-state index is 12.5. The fourth-order valence-corrected chi connectivity index (χ4v) is 3.27. The van der Waals surface area contributed by atoms with Crippen molar-refractivity contribution in [2.75, 3.05) is 24.7 Å². The monoisotopic (exact) mass is 381 g/mol. The molecule has 1 saturated heterocycles. The van der Waals surface area contributed by atoms with Gasteiger partial charge < -0.3 is 19.1 Å². The van der Waals surface area contributed by atoms with Crippen molar-refractivity contribution in [2.24, 2.45) is 5.92 Å². The lowest BCUT2D eigenvalue weighted by atomic mass is 10.1. The first kappa shape index (κ1) is 18.0. The lowest BCUT2D eigenvalue weighted by Crippen LogP contribution is -2.27. The van der Waals surface area contributed by atoms with Gasteiger partial charge in [0, 0.05) is 30.3 Å². The van der Waals surface area contributed by atoms with E-state index in [2.05, 4.69) is 0 Å². The number of anilines is 1. The Hall–Kier alpha value is -3.35. The maximum atomic E-state index is 12.5. The van der Waals surface area contributed by atoms with Gasteiger partial charge in [-0.2, -0.15) is 0 Å². The second-order valence-electron chi connectivity index (χ2n) is 6.74. The molecule has 1 unspecified atom stereocenters. The third kappa shape index (κ3) is 3.55. The van der Waals surface area contributed by atoms with Crippen LogP contribution in [-0.4, -0.2) is 37.4 Å². The lowest BCUT2D eigenvalue weighted by molar-refractivity contribution is -0.139. The van der Waals surface area contributed by atoms with Gasteiger partial charge in [0.1, 0.15) is 19.0 Å². The van der Waals surface area contributed by atoms with Gasteiger partial charge in [0.25, 0.3) is 0 Å². The Kier molecular flexibility index (Phi) is 4.73. The number of amides is 1. The van der Waals surface area contributed by atoms with Gasteiger partial charge in [-0.3, -0.25) is 14.4 Å².